The zero-order valence-corrected chi connectivity index (χ0v) is 8.39. The molecule has 1 atom stereocenters. The maximum absolute atomic E-state index is 4.42. The van der Waals surface area contributed by atoms with Crippen LogP contribution in [0.15, 0.2) is 28.9 Å². The molecular weight excluding hydrogens is 146 g/mol. The standard InChI is InChI=1S/C11H17N/c1-7(2)11-6-8(3)9(4)12-10(11)5/h6-7,11H,5H2,1-4H3. The Kier molecular flexibility index (Phi) is 2.51. The monoisotopic (exact) mass is 163 g/mol. The Morgan fingerprint density at radius 2 is 2.00 bits per heavy atom. The predicted octanol–water partition coefficient (Wildman–Crippen LogP) is 3.19. The lowest BCUT2D eigenvalue weighted by Crippen LogP contribution is -2.14. The molecule has 1 aliphatic heterocycles. The van der Waals surface area contributed by atoms with Crippen LogP contribution in [-0.4, -0.2) is 5.71 Å². The average molecular weight is 163 g/mol. The third-order valence-corrected chi connectivity index (χ3v) is 2.41. The van der Waals surface area contributed by atoms with Crippen molar-refractivity contribution in [2.45, 2.75) is 27.7 Å². The van der Waals surface area contributed by atoms with Gasteiger partial charge in [-0.1, -0.05) is 26.5 Å². The highest BCUT2D eigenvalue weighted by molar-refractivity contribution is 5.99. The van der Waals surface area contributed by atoms with Crippen LogP contribution in [0.2, 0.25) is 0 Å². The van der Waals surface area contributed by atoms with Gasteiger partial charge in [0.1, 0.15) is 0 Å². The molecule has 0 aromatic heterocycles. The van der Waals surface area contributed by atoms with Crippen LogP contribution >= 0.6 is 0 Å². The largest absolute Gasteiger partial charge is 0.258 e. The smallest absolute Gasteiger partial charge is 0.0406 e. The van der Waals surface area contributed by atoms with Crippen molar-refractivity contribution >= 4 is 5.71 Å². The van der Waals surface area contributed by atoms with Gasteiger partial charge < -0.3 is 0 Å². The number of nitrogens with zero attached hydrogens (tertiary/aromatic N) is 1. The van der Waals surface area contributed by atoms with Crippen LogP contribution in [0.4, 0.5) is 0 Å². The summed E-state index contributed by atoms with van der Waals surface area (Å²) in [7, 11) is 0. The number of allylic oxidation sites excluding steroid dienone is 2. The molecule has 1 aliphatic rings. The van der Waals surface area contributed by atoms with Crippen LogP contribution in [0, 0.1) is 11.8 Å². The van der Waals surface area contributed by atoms with Gasteiger partial charge in [-0.2, -0.15) is 0 Å². The van der Waals surface area contributed by atoms with Crippen LogP contribution in [0.1, 0.15) is 27.7 Å². The van der Waals surface area contributed by atoms with Crippen LogP contribution < -0.4 is 0 Å². The molecule has 12 heavy (non-hydrogen) atoms. The molecule has 0 amide bonds. The van der Waals surface area contributed by atoms with Gasteiger partial charge in [0.05, 0.1) is 0 Å². The van der Waals surface area contributed by atoms with E-state index in [4.69, 9.17) is 0 Å². The van der Waals surface area contributed by atoms with Crippen molar-refractivity contribution in [1.82, 2.24) is 0 Å². The summed E-state index contributed by atoms with van der Waals surface area (Å²) in [5.41, 5.74) is 3.41. The fraction of sp³-hybridized carbons (Fsp3) is 0.545. The van der Waals surface area contributed by atoms with Crippen molar-refractivity contribution in [1.29, 1.82) is 0 Å². The Morgan fingerprint density at radius 1 is 1.42 bits per heavy atom. The SMILES string of the molecule is C=C1N=C(C)C(C)=CC1C(C)C. The highest BCUT2D eigenvalue weighted by atomic mass is 14.8. The van der Waals surface area contributed by atoms with Gasteiger partial charge in [0.25, 0.3) is 0 Å². The number of hydrogen-bond donors (Lipinski definition) is 0. The second kappa shape index (κ2) is 3.26. The summed E-state index contributed by atoms with van der Waals surface area (Å²) in [6.45, 7) is 12.5. The summed E-state index contributed by atoms with van der Waals surface area (Å²) >= 11 is 0. The highest BCUT2D eigenvalue weighted by Gasteiger charge is 2.18. The van der Waals surface area contributed by atoms with E-state index in [2.05, 4.69) is 38.4 Å². The molecule has 0 fully saturated rings. The average Bonchev–Trinajstić information content (AvgIpc) is 1.96. The van der Waals surface area contributed by atoms with Crippen LogP contribution in [0.5, 0.6) is 0 Å². The molecular formula is C11H17N. The van der Waals surface area contributed by atoms with Crippen LogP contribution in [0.25, 0.3) is 0 Å². The van der Waals surface area contributed by atoms with E-state index in [1.54, 1.807) is 0 Å². The number of dihydropyridines is 1. The molecule has 66 valence electrons. The van der Waals surface area contributed by atoms with Gasteiger partial charge in [0.15, 0.2) is 0 Å². The molecule has 0 saturated heterocycles. The minimum atomic E-state index is 0.439. The zero-order chi connectivity index (χ0) is 9.30. The molecule has 0 aromatic carbocycles. The lowest BCUT2D eigenvalue weighted by Gasteiger charge is -2.22. The Bertz CT molecular complexity index is 256. The second-order valence-electron chi connectivity index (χ2n) is 3.81. The van der Waals surface area contributed by atoms with Crippen molar-refractivity contribution in [2.24, 2.45) is 16.8 Å². The zero-order valence-electron chi connectivity index (χ0n) is 8.39. The molecule has 0 spiro atoms. The van der Waals surface area contributed by atoms with E-state index in [1.165, 1.54) is 5.57 Å². The van der Waals surface area contributed by atoms with Crippen molar-refractivity contribution < 1.29 is 0 Å². The third kappa shape index (κ3) is 1.66. The fourth-order valence-corrected chi connectivity index (χ4v) is 1.44. The lowest BCUT2D eigenvalue weighted by molar-refractivity contribution is 0.519. The highest BCUT2D eigenvalue weighted by Crippen LogP contribution is 2.27. The minimum absolute atomic E-state index is 0.439. The molecule has 0 radical (unpaired) electrons. The van der Waals surface area contributed by atoms with Gasteiger partial charge in [0, 0.05) is 17.3 Å². The first-order valence-electron chi connectivity index (χ1n) is 4.45. The van der Waals surface area contributed by atoms with E-state index in [9.17, 15) is 0 Å². The van der Waals surface area contributed by atoms with Gasteiger partial charge in [-0.05, 0) is 25.3 Å². The van der Waals surface area contributed by atoms with Crippen molar-refractivity contribution in [3.63, 3.8) is 0 Å². The maximum Gasteiger partial charge on any atom is 0.0406 e. The molecule has 1 heterocycles. The van der Waals surface area contributed by atoms with Crippen molar-refractivity contribution in [3.05, 3.63) is 23.9 Å². The third-order valence-electron chi connectivity index (χ3n) is 2.41. The number of hydrogen-bond acceptors (Lipinski definition) is 1. The van der Waals surface area contributed by atoms with E-state index < -0.39 is 0 Å². The van der Waals surface area contributed by atoms with Crippen molar-refractivity contribution in [3.8, 4) is 0 Å². The van der Waals surface area contributed by atoms with Crippen molar-refractivity contribution in [2.75, 3.05) is 0 Å². The normalized spacial score (nSPS) is 24.1. The van der Waals surface area contributed by atoms with Gasteiger partial charge in [0.2, 0.25) is 0 Å². The predicted molar refractivity (Wildman–Crippen MR) is 54.3 cm³/mol. The minimum Gasteiger partial charge on any atom is -0.258 e. The molecule has 0 N–H and O–H groups in total. The first-order chi connectivity index (χ1) is 5.52. The molecule has 1 nitrogen and oxygen atoms in total. The summed E-state index contributed by atoms with van der Waals surface area (Å²) in [5.74, 6) is 1.04. The van der Waals surface area contributed by atoms with E-state index in [1.807, 2.05) is 6.92 Å². The summed E-state index contributed by atoms with van der Waals surface area (Å²) in [5, 5.41) is 0. The van der Waals surface area contributed by atoms with Gasteiger partial charge in [-0.15, -0.1) is 0 Å². The first-order valence-corrected chi connectivity index (χ1v) is 4.45. The summed E-state index contributed by atoms with van der Waals surface area (Å²) in [4.78, 5) is 4.42. The number of rotatable bonds is 1. The molecule has 1 heteroatoms. The molecule has 0 saturated carbocycles. The quantitative estimate of drug-likeness (QED) is 0.563. The fourth-order valence-electron chi connectivity index (χ4n) is 1.44. The maximum atomic E-state index is 4.42. The Morgan fingerprint density at radius 3 is 2.50 bits per heavy atom. The lowest BCUT2D eigenvalue weighted by atomic mass is 9.88. The van der Waals surface area contributed by atoms with Gasteiger partial charge in [-0.3, -0.25) is 4.99 Å². The second-order valence-corrected chi connectivity index (χ2v) is 3.81. The summed E-state index contributed by atoms with van der Waals surface area (Å²) in [6, 6.07) is 0. The molecule has 1 rings (SSSR count). The Labute approximate surface area is 74.9 Å². The molecule has 0 aromatic rings. The molecule has 1 unspecified atom stereocenters. The Balaban J connectivity index is 2.92. The van der Waals surface area contributed by atoms with E-state index in [0.29, 0.717) is 11.8 Å². The summed E-state index contributed by atoms with van der Waals surface area (Å²) in [6.07, 6.45) is 2.27. The van der Waals surface area contributed by atoms with Gasteiger partial charge >= 0.3 is 0 Å². The van der Waals surface area contributed by atoms with E-state index in [0.717, 1.165) is 11.4 Å². The van der Waals surface area contributed by atoms with Crippen LogP contribution in [-0.2, 0) is 0 Å². The van der Waals surface area contributed by atoms with Gasteiger partial charge in [-0.25, -0.2) is 0 Å². The van der Waals surface area contributed by atoms with Crippen LogP contribution in [0.3, 0.4) is 0 Å². The topological polar surface area (TPSA) is 12.4 Å². The first kappa shape index (κ1) is 9.24. The Hall–Kier alpha value is -0.850. The number of aliphatic imine (C=N–C) groups is 1. The van der Waals surface area contributed by atoms with E-state index >= 15 is 0 Å². The van der Waals surface area contributed by atoms with E-state index in [-0.39, 0.29) is 0 Å². The molecule has 0 bridgehead atoms. The summed E-state index contributed by atoms with van der Waals surface area (Å²) < 4.78 is 0. The molecule has 0 aliphatic carbocycles.